The number of hydrogen-bond donors (Lipinski definition) is 1. The van der Waals surface area contributed by atoms with Crippen molar-refractivity contribution in [1.82, 2.24) is 20.0 Å². The van der Waals surface area contributed by atoms with Crippen molar-refractivity contribution in [3.8, 4) is 0 Å². The molecule has 3 rings (SSSR count). The van der Waals surface area contributed by atoms with Crippen LogP contribution >= 0.6 is 11.6 Å². The predicted molar refractivity (Wildman–Crippen MR) is 89.8 cm³/mol. The zero-order valence-corrected chi connectivity index (χ0v) is 14.0. The maximum atomic E-state index is 6.23. The van der Waals surface area contributed by atoms with E-state index >= 15 is 0 Å². The molecule has 1 aromatic heterocycles. The zero-order chi connectivity index (χ0) is 15.5. The van der Waals surface area contributed by atoms with Crippen molar-refractivity contribution in [3.05, 3.63) is 51.8 Å². The van der Waals surface area contributed by atoms with Crippen LogP contribution in [-0.4, -0.2) is 27.8 Å². The highest BCUT2D eigenvalue weighted by Crippen LogP contribution is 2.22. The zero-order valence-electron chi connectivity index (χ0n) is 13.3. The van der Waals surface area contributed by atoms with Crippen molar-refractivity contribution < 1.29 is 0 Å². The standard InChI is InChI=1S/C17H23ClN4/c1-13-16(17(18)21(2)20-13)10-19-8-5-9-22-11-14-6-3-4-7-15(14)12-22/h3-4,6-7,19H,5,8-12H2,1-2H3. The molecule has 4 nitrogen and oxygen atoms in total. The second kappa shape index (κ2) is 6.82. The second-order valence-corrected chi connectivity index (χ2v) is 6.35. The number of fused-ring (bicyclic) bond motifs is 1. The summed E-state index contributed by atoms with van der Waals surface area (Å²) in [5.41, 5.74) is 5.08. The molecule has 0 unspecified atom stereocenters. The molecule has 0 atom stereocenters. The fraction of sp³-hybridized carbons (Fsp3) is 0.471. The normalized spacial score (nSPS) is 14.5. The Hall–Kier alpha value is -1.36. The Morgan fingerprint density at radius 3 is 2.50 bits per heavy atom. The van der Waals surface area contributed by atoms with Gasteiger partial charge in [-0.25, -0.2) is 0 Å². The molecule has 1 aliphatic rings. The molecule has 1 N–H and O–H groups in total. The van der Waals surface area contributed by atoms with E-state index < -0.39 is 0 Å². The van der Waals surface area contributed by atoms with Gasteiger partial charge in [0.15, 0.2) is 0 Å². The number of nitrogens with one attached hydrogen (secondary N) is 1. The number of aromatic nitrogens is 2. The Bertz CT molecular complexity index is 625. The summed E-state index contributed by atoms with van der Waals surface area (Å²) in [5.74, 6) is 0. The minimum Gasteiger partial charge on any atom is -0.312 e. The average Bonchev–Trinajstić information content (AvgIpc) is 3.02. The van der Waals surface area contributed by atoms with Crippen LogP contribution in [0, 0.1) is 6.92 Å². The van der Waals surface area contributed by atoms with Crippen molar-refractivity contribution >= 4 is 11.6 Å². The molecule has 1 aliphatic heterocycles. The van der Waals surface area contributed by atoms with E-state index in [1.165, 1.54) is 11.1 Å². The van der Waals surface area contributed by atoms with E-state index in [4.69, 9.17) is 11.6 Å². The van der Waals surface area contributed by atoms with E-state index in [1.807, 2.05) is 14.0 Å². The van der Waals surface area contributed by atoms with Crippen LogP contribution in [-0.2, 0) is 26.7 Å². The lowest BCUT2D eigenvalue weighted by molar-refractivity contribution is 0.279. The second-order valence-electron chi connectivity index (χ2n) is 5.99. The maximum Gasteiger partial charge on any atom is 0.131 e. The Morgan fingerprint density at radius 2 is 1.91 bits per heavy atom. The largest absolute Gasteiger partial charge is 0.312 e. The fourth-order valence-corrected chi connectivity index (χ4v) is 3.32. The van der Waals surface area contributed by atoms with Crippen LogP contribution < -0.4 is 5.32 Å². The molecule has 0 saturated heterocycles. The molecule has 0 fully saturated rings. The van der Waals surface area contributed by atoms with E-state index in [0.717, 1.165) is 55.6 Å². The molecular formula is C17H23ClN4. The van der Waals surface area contributed by atoms with E-state index in [1.54, 1.807) is 4.68 Å². The molecule has 1 aromatic carbocycles. The molecule has 0 amide bonds. The van der Waals surface area contributed by atoms with Gasteiger partial charge in [0.2, 0.25) is 0 Å². The molecule has 0 aliphatic carbocycles. The van der Waals surface area contributed by atoms with E-state index in [0.29, 0.717) is 0 Å². The fourth-order valence-electron chi connectivity index (χ4n) is 3.08. The van der Waals surface area contributed by atoms with Crippen LogP contribution in [0.4, 0.5) is 0 Å². The quantitative estimate of drug-likeness (QED) is 0.831. The smallest absolute Gasteiger partial charge is 0.131 e. The summed E-state index contributed by atoms with van der Waals surface area (Å²) in [4.78, 5) is 2.51. The third-order valence-electron chi connectivity index (χ3n) is 4.31. The SMILES string of the molecule is Cc1nn(C)c(Cl)c1CNCCCN1Cc2ccccc2C1. The summed E-state index contributed by atoms with van der Waals surface area (Å²) in [7, 11) is 1.88. The van der Waals surface area contributed by atoms with Gasteiger partial charge in [0.25, 0.3) is 0 Å². The van der Waals surface area contributed by atoms with Crippen molar-refractivity contribution in [2.24, 2.45) is 7.05 Å². The van der Waals surface area contributed by atoms with Crippen LogP contribution in [0.1, 0.15) is 28.8 Å². The Morgan fingerprint density at radius 1 is 1.23 bits per heavy atom. The summed E-state index contributed by atoms with van der Waals surface area (Å²) in [6, 6.07) is 8.73. The highest BCUT2D eigenvalue weighted by Gasteiger charge is 2.17. The first kappa shape index (κ1) is 15.5. The lowest BCUT2D eigenvalue weighted by Gasteiger charge is -2.14. The van der Waals surface area contributed by atoms with E-state index in [-0.39, 0.29) is 0 Å². The Labute approximate surface area is 137 Å². The van der Waals surface area contributed by atoms with Gasteiger partial charge in [-0.05, 0) is 31.0 Å². The summed E-state index contributed by atoms with van der Waals surface area (Å²) in [6.07, 6.45) is 1.14. The minimum atomic E-state index is 0.736. The molecule has 2 heterocycles. The molecule has 0 radical (unpaired) electrons. The summed E-state index contributed by atoms with van der Waals surface area (Å²) in [6.45, 7) is 7.09. The molecule has 22 heavy (non-hydrogen) atoms. The number of nitrogens with zero attached hydrogens (tertiary/aromatic N) is 3. The lowest BCUT2D eigenvalue weighted by Crippen LogP contribution is -2.23. The lowest BCUT2D eigenvalue weighted by atomic mass is 10.1. The van der Waals surface area contributed by atoms with Gasteiger partial charge in [-0.1, -0.05) is 35.9 Å². The molecule has 2 aromatic rings. The Balaban J connectivity index is 1.38. The Kier molecular flexibility index (Phi) is 4.81. The minimum absolute atomic E-state index is 0.736. The van der Waals surface area contributed by atoms with Crippen LogP contribution in [0.15, 0.2) is 24.3 Å². The van der Waals surface area contributed by atoms with Crippen LogP contribution in [0.25, 0.3) is 0 Å². The topological polar surface area (TPSA) is 33.1 Å². The van der Waals surface area contributed by atoms with Gasteiger partial charge in [0, 0.05) is 38.8 Å². The molecule has 0 saturated carbocycles. The molecule has 118 valence electrons. The average molecular weight is 319 g/mol. The molecule has 5 heteroatoms. The monoisotopic (exact) mass is 318 g/mol. The third-order valence-corrected chi connectivity index (χ3v) is 4.78. The van der Waals surface area contributed by atoms with Gasteiger partial charge in [0.1, 0.15) is 5.15 Å². The predicted octanol–water partition coefficient (Wildman–Crippen LogP) is 2.88. The number of hydrogen-bond acceptors (Lipinski definition) is 3. The van der Waals surface area contributed by atoms with Gasteiger partial charge in [-0.3, -0.25) is 9.58 Å². The molecular weight excluding hydrogens is 296 g/mol. The first-order valence-electron chi connectivity index (χ1n) is 7.83. The van der Waals surface area contributed by atoms with Gasteiger partial charge in [0.05, 0.1) is 5.69 Å². The molecule has 0 spiro atoms. The number of benzene rings is 1. The van der Waals surface area contributed by atoms with Gasteiger partial charge < -0.3 is 5.32 Å². The number of halogens is 1. The van der Waals surface area contributed by atoms with E-state index in [2.05, 4.69) is 39.6 Å². The first-order chi connectivity index (χ1) is 10.6. The van der Waals surface area contributed by atoms with Crippen molar-refractivity contribution in [1.29, 1.82) is 0 Å². The maximum absolute atomic E-state index is 6.23. The van der Waals surface area contributed by atoms with Crippen LogP contribution in [0.5, 0.6) is 0 Å². The highest BCUT2D eigenvalue weighted by atomic mass is 35.5. The van der Waals surface area contributed by atoms with Gasteiger partial charge in [-0.15, -0.1) is 0 Å². The number of aryl methyl sites for hydroxylation is 2. The molecule has 0 bridgehead atoms. The van der Waals surface area contributed by atoms with Crippen LogP contribution in [0.3, 0.4) is 0 Å². The summed E-state index contributed by atoms with van der Waals surface area (Å²) >= 11 is 6.23. The van der Waals surface area contributed by atoms with Crippen molar-refractivity contribution in [2.45, 2.75) is 33.0 Å². The van der Waals surface area contributed by atoms with Gasteiger partial charge >= 0.3 is 0 Å². The summed E-state index contributed by atoms with van der Waals surface area (Å²) in [5, 5.41) is 8.55. The van der Waals surface area contributed by atoms with E-state index in [9.17, 15) is 0 Å². The third kappa shape index (κ3) is 3.35. The van der Waals surface area contributed by atoms with Gasteiger partial charge in [-0.2, -0.15) is 5.10 Å². The van der Waals surface area contributed by atoms with Crippen molar-refractivity contribution in [2.75, 3.05) is 13.1 Å². The highest BCUT2D eigenvalue weighted by molar-refractivity contribution is 6.30. The number of rotatable bonds is 6. The first-order valence-corrected chi connectivity index (χ1v) is 8.21. The summed E-state index contributed by atoms with van der Waals surface area (Å²) < 4.78 is 1.73. The van der Waals surface area contributed by atoms with Crippen LogP contribution in [0.2, 0.25) is 5.15 Å². The van der Waals surface area contributed by atoms with Crippen molar-refractivity contribution in [3.63, 3.8) is 0 Å².